The number of ether oxygens (including phenoxy) is 1. The lowest BCUT2D eigenvalue weighted by atomic mass is 9.84. The molecule has 2 N–H and O–H groups in total. The van der Waals surface area contributed by atoms with Gasteiger partial charge in [-0.15, -0.1) is 0 Å². The summed E-state index contributed by atoms with van der Waals surface area (Å²) in [7, 11) is 0. The summed E-state index contributed by atoms with van der Waals surface area (Å²) in [5.74, 6) is -0.179. The van der Waals surface area contributed by atoms with E-state index in [0.717, 1.165) is 12.0 Å². The Labute approximate surface area is 116 Å². The van der Waals surface area contributed by atoms with Gasteiger partial charge in [-0.1, -0.05) is 12.1 Å². The molecular formula is C15H17NO4. The predicted octanol–water partition coefficient (Wildman–Crippen LogP) is 1.99. The van der Waals surface area contributed by atoms with Gasteiger partial charge in [-0.05, 0) is 37.0 Å². The summed E-state index contributed by atoms with van der Waals surface area (Å²) in [6.07, 6.45) is 2.41. The van der Waals surface area contributed by atoms with Crippen LogP contribution in [0.5, 0.6) is 5.75 Å². The van der Waals surface area contributed by atoms with Crippen molar-refractivity contribution in [2.45, 2.75) is 37.8 Å². The number of hydrogen-bond donors (Lipinski definition) is 2. The number of carbonyl (C=O) groups is 1. The number of carboxylic acids is 1. The maximum absolute atomic E-state index is 11.0. The van der Waals surface area contributed by atoms with Crippen LogP contribution in [0.1, 0.15) is 24.8 Å². The molecule has 3 atom stereocenters. The molecule has 1 aliphatic heterocycles. The highest BCUT2D eigenvalue weighted by Gasteiger charge is 2.39. The van der Waals surface area contributed by atoms with Crippen LogP contribution in [0.25, 0.3) is 0 Å². The fraction of sp³-hybridized carbons (Fsp3) is 0.467. The van der Waals surface area contributed by atoms with Gasteiger partial charge in [-0.2, -0.15) is 0 Å². The van der Waals surface area contributed by atoms with E-state index in [4.69, 9.17) is 9.84 Å². The van der Waals surface area contributed by atoms with Crippen LogP contribution in [0.15, 0.2) is 29.3 Å². The maximum Gasteiger partial charge on any atom is 0.306 e. The van der Waals surface area contributed by atoms with Gasteiger partial charge in [-0.3, -0.25) is 4.79 Å². The molecular weight excluding hydrogens is 258 g/mol. The van der Waals surface area contributed by atoms with Crippen LogP contribution in [0.2, 0.25) is 0 Å². The number of carboxylic acid groups (broad SMARTS) is 1. The number of hydrogen-bond acceptors (Lipinski definition) is 4. The minimum absolute atomic E-state index is 0.0953. The molecule has 5 nitrogen and oxygen atoms in total. The molecule has 1 fully saturated rings. The Morgan fingerprint density at radius 2 is 2.25 bits per heavy atom. The van der Waals surface area contributed by atoms with E-state index in [2.05, 4.69) is 4.99 Å². The summed E-state index contributed by atoms with van der Waals surface area (Å²) >= 11 is 0. The summed E-state index contributed by atoms with van der Waals surface area (Å²) in [5.41, 5.74) is 0.942. The Hall–Kier alpha value is -2.04. The van der Waals surface area contributed by atoms with Crippen LogP contribution in [0, 0.1) is 5.92 Å². The van der Waals surface area contributed by atoms with Crippen molar-refractivity contribution >= 4 is 11.9 Å². The van der Waals surface area contributed by atoms with Gasteiger partial charge in [0.25, 0.3) is 0 Å². The van der Waals surface area contributed by atoms with Crippen molar-refractivity contribution in [2.75, 3.05) is 0 Å². The number of phenols is 1. The largest absolute Gasteiger partial charge is 0.508 e. The summed E-state index contributed by atoms with van der Waals surface area (Å²) in [6.45, 7) is 0. The van der Waals surface area contributed by atoms with Gasteiger partial charge < -0.3 is 14.9 Å². The van der Waals surface area contributed by atoms with E-state index in [9.17, 15) is 9.90 Å². The first-order valence-corrected chi connectivity index (χ1v) is 6.86. The molecule has 106 valence electrons. The lowest BCUT2D eigenvalue weighted by Gasteiger charge is -2.26. The van der Waals surface area contributed by atoms with E-state index in [1.54, 1.807) is 18.2 Å². The summed E-state index contributed by atoms with van der Waals surface area (Å²) in [5, 5.41) is 18.5. The van der Waals surface area contributed by atoms with Gasteiger partial charge >= 0.3 is 5.97 Å². The SMILES string of the molecule is O=C(O)C1CCC2N=C(Cc3cccc(O)c3)OC2C1. The van der Waals surface area contributed by atoms with Gasteiger partial charge in [0.1, 0.15) is 11.9 Å². The van der Waals surface area contributed by atoms with E-state index in [-0.39, 0.29) is 23.8 Å². The molecule has 1 aromatic carbocycles. The van der Waals surface area contributed by atoms with Crippen LogP contribution < -0.4 is 0 Å². The fourth-order valence-electron chi connectivity index (χ4n) is 2.93. The number of rotatable bonds is 3. The average molecular weight is 275 g/mol. The minimum Gasteiger partial charge on any atom is -0.508 e. The summed E-state index contributed by atoms with van der Waals surface area (Å²) in [6, 6.07) is 7.10. The van der Waals surface area contributed by atoms with E-state index in [0.29, 0.717) is 25.2 Å². The molecule has 0 amide bonds. The first-order valence-electron chi connectivity index (χ1n) is 6.86. The molecule has 0 bridgehead atoms. The fourth-order valence-corrected chi connectivity index (χ4v) is 2.93. The first kappa shape index (κ1) is 13.0. The number of fused-ring (bicyclic) bond motifs is 1. The average Bonchev–Trinajstić information content (AvgIpc) is 2.79. The molecule has 0 aromatic heterocycles. The molecule has 3 rings (SSSR count). The molecule has 20 heavy (non-hydrogen) atoms. The zero-order valence-electron chi connectivity index (χ0n) is 11.0. The third kappa shape index (κ3) is 2.61. The molecule has 1 aliphatic carbocycles. The molecule has 1 heterocycles. The highest BCUT2D eigenvalue weighted by Crippen LogP contribution is 2.33. The molecule has 0 radical (unpaired) electrons. The predicted molar refractivity (Wildman–Crippen MR) is 72.9 cm³/mol. The van der Waals surface area contributed by atoms with Crippen LogP contribution in [-0.2, 0) is 16.0 Å². The van der Waals surface area contributed by atoms with Crippen LogP contribution in [0.4, 0.5) is 0 Å². The van der Waals surface area contributed by atoms with Gasteiger partial charge in [0.2, 0.25) is 0 Å². The molecule has 2 aliphatic rings. The molecule has 1 aromatic rings. The topological polar surface area (TPSA) is 79.1 Å². The van der Waals surface area contributed by atoms with Crippen LogP contribution >= 0.6 is 0 Å². The quantitative estimate of drug-likeness (QED) is 0.884. The Bertz CT molecular complexity index is 555. The van der Waals surface area contributed by atoms with Gasteiger partial charge in [-0.25, -0.2) is 4.99 Å². The Morgan fingerprint density at radius 1 is 1.40 bits per heavy atom. The van der Waals surface area contributed by atoms with Crippen molar-refractivity contribution in [2.24, 2.45) is 10.9 Å². The molecule has 0 saturated heterocycles. The Kier molecular flexibility index (Phi) is 3.34. The second kappa shape index (κ2) is 5.15. The molecule has 1 saturated carbocycles. The third-order valence-corrected chi connectivity index (χ3v) is 3.97. The Morgan fingerprint density at radius 3 is 3.00 bits per heavy atom. The van der Waals surface area contributed by atoms with Crippen molar-refractivity contribution in [1.82, 2.24) is 0 Å². The Balaban J connectivity index is 1.65. The maximum atomic E-state index is 11.0. The number of nitrogens with zero attached hydrogens (tertiary/aromatic N) is 1. The number of aliphatic carboxylic acids is 1. The zero-order chi connectivity index (χ0) is 14.1. The smallest absolute Gasteiger partial charge is 0.306 e. The van der Waals surface area contributed by atoms with Crippen molar-refractivity contribution < 1.29 is 19.7 Å². The lowest BCUT2D eigenvalue weighted by Crippen LogP contribution is -2.34. The van der Waals surface area contributed by atoms with Crippen molar-refractivity contribution in [3.63, 3.8) is 0 Å². The second-order valence-electron chi connectivity index (χ2n) is 5.44. The lowest BCUT2D eigenvalue weighted by molar-refractivity contribution is -0.143. The molecule has 0 spiro atoms. The van der Waals surface area contributed by atoms with Crippen LogP contribution in [0.3, 0.4) is 0 Å². The second-order valence-corrected chi connectivity index (χ2v) is 5.44. The van der Waals surface area contributed by atoms with E-state index in [1.165, 1.54) is 0 Å². The summed E-state index contributed by atoms with van der Waals surface area (Å²) < 4.78 is 5.79. The normalized spacial score (nSPS) is 28.4. The molecule has 3 unspecified atom stereocenters. The van der Waals surface area contributed by atoms with Crippen molar-refractivity contribution in [3.8, 4) is 5.75 Å². The molecule has 5 heteroatoms. The van der Waals surface area contributed by atoms with E-state index >= 15 is 0 Å². The number of benzene rings is 1. The number of aliphatic imine (C=N–C) groups is 1. The standard InChI is InChI=1S/C15H17NO4/c17-11-3-1-2-9(6-11)7-14-16-12-5-4-10(15(18)19)8-13(12)20-14/h1-3,6,10,12-13,17H,4-5,7-8H2,(H,18,19). The van der Waals surface area contributed by atoms with Gasteiger partial charge in [0.05, 0.1) is 12.0 Å². The van der Waals surface area contributed by atoms with Crippen LogP contribution in [-0.4, -0.2) is 34.2 Å². The number of phenolic OH excluding ortho intramolecular Hbond substituents is 1. The first-order chi connectivity index (χ1) is 9.61. The van der Waals surface area contributed by atoms with Gasteiger partial charge in [0.15, 0.2) is 5.90 Å². The highest BCUT2D eigenvalue weighted by molar-refractivity contribution is 5.81. The van der Waals surface area contributed by atoms with E-state index < -0.39 is 5.97 Å². The monoisotopic (exact) mass is 275 g/mol. The van der Waals surface area contributed by atoms with E-state index in [1.807, 2.05) is 6.07 Å². The summed E-state index contributed by atoms with van der Waals surface area (Å²) in [4.78, 5) is 15.6. The highest BCUT2D eigenvalue weighted by atomic mass is 16.5. The van der Waals surface area contributed by atoms with Crippen molar-refractivity contribution in [1.29, 1.82) is 0 Å². The number of aromatic hydroxyl groups is 1. The minimum atomic E-state index is -0.742. The zero-order valence-corrected chi connectivity index (χ0v) is 11.0. The van der Waals surface area contributed by atoms with Crippen molar-refractivity contribution in [3.05, 3.63) is 29.8 Å². The third-order valence-electron chi connectivity index (χ3n) is 3.97. The van der Waals surface area contributed by atoms with Gasteiger partial charge in [0, 0.05) is 6.42 Å².